The summed E-state index contributed by atoms with van der Waals surface area (Å²) in [5.74, 6) is 0.0180. The van der Waals surface area contributed by atoms with Crippen molar-refractivity contribution >= 4 is 23.6 Å². The van der Waals surface area contributed by atoms with Crippen molar-refractivity contribution in [2.75, 3.05) is 13.2 Å². The first-order valence-corrected chi connectivity index (χ1v) is 13.5. The molecule has 5 N–H and O–H groups in total. The van der Waals surface area contributed by atoms with Crippen LogP contribution in [0.4, 0.5) is 0 Å². The second kappa shape index (κ2) is 12.4. The molecule has 0 fully saturated rings. The number of carbonyl (C=O) groups is 2. The van der Waals surface area contributed by atoms with E-state index >= 15 is 0 Å². The molecule has 2 atom stereocenters. The Balaban J connectivity index is 1.35. The number of H-pyrrole nitrogens is 1. The molecule has 0 aliphatic heterocycles. The molecule has 2 aromatic heterocycles. The molecule has 1 aliphatic rings. The van der Waals surface area contributed by atoms with Gasteiger partial charge in [0.2, 0.25) is 5.91 Å². The molecule has 2 heterocycles. The van der Waals surface area contributed by atoms with Gasteiger partial charge in [0.15, 0.2) is 10.9 Å². The number of thioether (sulfide) groups is 1. The number of aliphatic hydroxyl groups excluding tert-OH is 2. The van der Waals surface area contributed by atoms with Gasteiger partial charge in [-0.15, -0.1) is 0 Å². The number of carbonyl (C=O) groups excluding carboxylic acids is 2. The lowest BCUT2D eigenvalue weighted by Crippen LogP contribution is -2.51. The zero-order valence-corrected chi connectivity index (χ0v) is 22.1. The van der Waals surface area contributed by atoms with Gasteiger partial charge in [-0.25, -0.2) is 4.98 Å². The highest BCUT2D eigenvalue weighted by Crippen LogP contribution is 2.26. The maximum atomic E-state index is 12.8. The molecule has 202 valence electrons. The normalized spacial score (nSPS) is 14.2. The van der Waals surface area contributed by atoms with E-state index in [2.05, 4.69) is 20.6 Å². The van der Waals surface area contributed by atoms with Gasteiger partial charge in [-0.1, -0.05) is 49.9 Å². The summed E-state index contributed by atoms with van der Waals surface area (Å²) in [6.07, 6.45) is 1.55. The number of fused-ring (bicyclic) bond motifs is 1. The number of rotatable bonds is 11. The molecule has 0 saturated heterocycles. The number of aliphatic hydroxyl groups is 2. The van der Waals surface area contributed by atoms with Crippen LogP contribution in [0.2, 0.25) is 0 Å². The minimum Gasteiger partial charge on any atom is -0.451 e. The van der Waals surface area contributed by atoms with Gasteiger partial charge in [-0.05, 0) is 42.9 Å². The van der Waals surface area contributed by atoms with Crippen molar-refractivity contribution in [3.05, 3.63) is 69.3 Å². The Labute approximate surface area is 224 Å². The Hall–Kier alpha value is -3.41. The monoisotopic (exact) mass is 540 g/mol. The third-order valence-electron chi connectivity index (χ3n) is 6.32. The van der Waals surface area contributed by atoms with Crippen molar-refractivity contribution in [2.45, 2.75) is 56.2 Å². The zero-order chi connectivity index (χ0) is 27.2. The predicted molar refractivity (Wildman–Crippen MR) is 143 cm³/mol. The van der Waals surface area contributed by atoms with E-state index in [1.165, 1.54) is 11.8 Å². The van der Waals surface area contributed by atoms with Crippen LogP contribution in [0.25, 0.3) is 11.3 Å². The highest BCUT2D eigenvalue weighted by Gasteiger charge is 2.26. The van der Waals surface area contributed by atoms with E-state index in [0.717, 1.165) is 41.6 Å². The van der Waals surface area contributed by atoms with E-state index < -0.39 is 30.6 Å². The molecule has 0 spiro atoms. The number of furan rings is 1. The quantitative estimate of drug-likeness (QED) is 0.183. The fraction of sp³-hybridized carbons (Fsp3) is 0.407. The number of aromatic nitrogens is 2. The minimum atomic E-state index is -1.07. The van der Waals surface area contributed by atoms with E-state index in [9.17, 15) is 19.5 Å². The summed E-state index contributed by atoms with van der Waals surface area (Å²) in [6, 6.07) is 10.1. The summed E-state index contributed by atoms with van der Waals surface area (Å²) < 4.78 is 5.76. The Bertz CT molecular complexity index is 1330. The van der Waals surface area contributed by atoms with E-state index in [4.69, 9.17) is 9.52 Å². The number of hydrogen-bond acceptors (Lipinski definition) is 8. The van der Waals surface area contributed by atoms with Crippen molar-refractivity contribution in [2.24, 2.45) is 5.92 Å². The lowest BCUT2D eigenvalue weighted by Gasteiger charge is -2.21. The molecule has 11 heteroatoms. The SMILES string of the molecule is CC(C)[C@@H](NC(=O)c1ccc(-c2ccc(CSc3nc4c(c(=O)[nH]3)CCC4)cc2)o1)C(=O)NC[C@@H](O)CO. The second-order valence-electron chi connectivity index (χ2n) is 9.58. The summed E-state index contributed by atoms with van der Waals surface area (Å²) in [7, 11) is 0. The Morgan fingerprint density at radius 1 is 1.16 bits per heavy atom. The molecule has 0 saturated carbocycles. The van der Waals surface area contributed by atoms with Gasteiger partial charge in [-0.2, -0.15) is 0 Å². The highest BCUT2D eigenvalue weighted by atomic mass is 32.2. The van der Waals surface area contributed by atoms with Gasteiger partial charge in [0.25, 0.3) is 11.5 Å². The molecule has 1 aromatic carbocycles. The molecule has 1 aliphatic carbocycles. The maximum Gasteiger partial charge on any atom is 0.287 e. The van der Waals surface area contributed by atoms with Crippen LogP contribution < -0.4 is 16.2 Å². The van der Waals surface area contributed by atoms with Crippen molar-refractivity contribution in [3.63, 3.8) is 0 Å². The zero-order valence-electron chi connectivity index (χ0n) is 21.3. The van der Waals surface area contributed by atoms with Gasteiger partial charge in [0.05, 0.1) is 18.4 Å². The van der Waals surface area contributed by atoms with Crippen LogP contribution in [0.3, 0.4) is 0 Å². The fourth-order valence-corrected chi connectivity index (χ4v) is 4.99. The Morgan fingerprint density at radius 3 is 2.63 bits per heavy atom. The topological polar surface area (TPSA) is 158 Å². The van der Waals surface area contributed by atoms with Crippen molar-refractivity contribution in [1.82, 2.24) is 20.6 Å². The summed E-state index contributed by atoms with van der Waals surface area (Å²) in [5.41, 5.74) is 3.52. The Morgan fingerprint density at radius 2 is 1.92 bits per heavy atom. The summed E-state index contributed by atoms with van der Waals surface area (Å²) in [5, 5.41) is 24.2. The Kier molecular flexibility index (Phi) is 9.03. The van der Waals surface area contributed by atoms with Crippen LogP contribution in [0, 0.1) is 5.92 Å². The molecule has 38 heavy (non-hydrogen) atoms. The van der Waals surface area contributed by atoms with Crippen LogP contribution >= 0.6 is 11.8 Å². The first kappa shape index (κ1) is 27.6. The van der Waals surface area contributed by atoms with Crippen LogP contribution in [-0.2, 0) is 23.4 Å². The van der Waals surface area contributed by atoms with Crippen LogP contribution in [0.1, 0.15) is 47.6 Å². The smallest absolute Gasteiger partial charge is 0.287 e. The lowest BCUT2D eigenvalue weighted by atomic mass is 10.0. The molecule has 0 bridgehead atoms. The fourth-order valence-electron chi connectivity index (χ4n) is 4.16. The van der Waals surface area contributed by atoms with Crippen LogP contribution in [0.15, 0.2) is 50.8 Å². The molecule has 0 unspecified atom stereocenters. The number of aromatic amines is 1. The van der Waals surface area contributed by atoms with E-state index in [0.29, 0.717) is 16.7 Å². The first-order chi connectivity index (χ1) is 18.2. The first-order valence-electron chi connectivity index (χ1n) is 12.6. The van der Waals surface area contributed by atoms with Gasteiger partial charge < -0.3 is 30.2 Å². The third kappa shape index (κ3) is 6.72. The predicted octanol–water partition coefficient (Wildman–Crippen LogP) is 2.03. The highest BCUT2D eigenvalue weighted by molar-refractivity contribution is 7.98. The largest absolute Gasteiger partial charge is 0.451 e. The molecular weight excluding hydrogens is 508 g/mol. The van der Waals surface area contributed by atoms with Gasteiger partial charge in [0, 0.05) is 23.4 Å². The number of nitrogens with one attached hydrogen (secondary N) is 3. The number of amides is 2. The number of benzene rings is 1. The molecule has 2 amide bonds. The summed E-state index contributed by atoms with van der Waals surface area (Å²) in [6.45, 7) is 2.99. The number of hydrogen-bond donors (Lipinski definition) is 5. The van der Waals surface area contributed by atoms with E-state index in [1.54, 1.807) is 26.0 Å². The van der Waals surface area contributed by atoms with Crippen molar-refractivity contribution < 1.29 is 24.2 Å². The maximum absolute atomic E-state index is 12.8. The van der Waals surface area contributed by atoms with Gasteiger partial charge in [-0.3, -0.25) is 14.4 Å². The summed E-state index contributed by atoms with van der Waals surface area (Å²) >= 11 is 1.48. The molecular formula is C27H32N4O6S. The molecule has 0 radical (unpaired) electrons. The van der Waals surface area contributed by atoms with E-state index in [1.807, 2.05) is 24.3 Å². The number of aryl methyl sites for hydroxylation is 1. The number of nitrogens with zero attached hydrogens (tertiary/aromatic N) is 1. The van der Waals surface area contributed by atoms with Crippen molar-refractivity contribution in [1.29, 1.82) is 0 Å². The average Bonchev–Trinajstić information content (AvgIpc) is 3.59. The second-order valence-corrected chi connectivity index (χ2v) is 10.5. The standard InChI is InChI=1S/C27H32N4O6S/c1-15(2)23(26(36)28-12-18(33)13-32)30-25(35)22-11-10-21(37-22)17-8-6-16(7-9-17)14-38-27-29-20-5-3-4-19(20)24(34)31-27/h6-11,15,18,23,32-33H,3-5,12-14H2,1-2H3,(H,28,36)(H,30,35)(H,29,31,34)/t18-,23-/m1/s1. The average molecular weight is 541 g/mol. The van der Waals surface area contributed by atoms with Gasteiger partial charge in [0.1, 0.15) is 11.8 Å². The van der Waals surface area contributed by atoms with Gasteiger partial charge >= 0.3 is 0 Å². The van der Waals surface area contributed by atoms with E-state index in [-0.39, 0.29) is 23.8 Å². The summed E-state index contributed by atoms with van der Waals surface area (Å²) in [4.78, 5) is 44.9. The lowest BCUT2D eigenvalue weighted by molar-refractivity contribution is -0.124. The molecule has 3 aromatic rings. The molecule has 4 rings (SSSR count). The van der Waals surface area contributed by atoms with Crippen molar-refractivity contribution in [3.8, 4) is 11.3 Å². The minimum absolute atomic E-state index is 0.0381. The van der Waals surface area contributed by atoms with Crippen LogP contribution in [0.5, 0.6) is 0 Å². The third-order valence-corrected chi connectivity index (χ3v) is 7.27. The molecule has 10 nitrogen and oxygen atoms in total. The van der Waals surface area contributed by atoms with Crippen LogP contribution in [-0.4, -0.2) is 57.3 Å².